The Morgan fingerprint density at radius 1 is 1.48 bits per heavy atom. The zero-order chi connectivity index (χ0) is 15.5. The number of methoxy groups -OCH3 is 1. The highest BCUT2D eigenvalue weighted by Gasteiger charge is 2.62. The van der Waals surface area contributed by atoms with Gasteiger partial charge in [0.05, 0.1) is 7.11 Å². The van der Waals surface area contributed by atoms with Gasteiger partial charge in [-0.2, -0.15) is 18.2 Å². The molecule has 1 aliphatic carbocycles. The van der Waals surface area contributed by atoms with E-state index in [0.29, 0.717) is 25.8 Å². The van der Waals surface area contributed by atoms with Gasteiger partial charge in [-0.1, -0.05) is 11.6 Å². The lowest BCUT2D eigenvalue weighted by atomic mass is 9.67. The predicted octanol–water partition coefficient (Wildman–Crippen LogP) is 2.34. The lowest BCUT2D eigenvalue weighted by Gasteiger charge is -2.40. The van der Waals surface area contributed by atoms with E-state index in [9.17, 15) is 18.0 Å². The number of carbonyl (C=O) groups excluding carboxylic acids is 1. The summed E-state index contributed by atoms with van der Waals surface area (Å²) in [6.07, 6.45) is -3.66. The topological polar surface area (TPSA) is 77.2 Å². The lowest BCUT2D eigenvalue weighted by molar-refractivity contribution is -0.215. The molecular weight excluding hydrogens is 291 g/mol. The summed E-state index contributed by atoms with van der Waals surface area (Å²) < 4.78 is 48.6. The second kappa shape index (κ2) is 5.90. The molecule has 1 N–H and O–H groups in total. The number of hydrogen-bond donors (Lipinski definition) is 1. The van der Waals surface area contributed by atoms with Gasteiger partial charge in [-0.05, 0) is 19.3 Å². The first-order valence-corrected chi connectivity index (χ1v) is 6.61. The normalized spacial score (nSPS) is 17.1. The van der Waals surface area contributed by atoms with E-state index < -0.39 is 17.7 Å². The van der Waals surface area contributed by atoms with Crippen molar-refractivity contribution in [2.75, 3.05) is 13.7 Å². The van der Waals surface area contributed by atoms with Crippen molar-refractivity contribution in [2.45, 2.75) is 43.7 Å². The van der Waals surface area contributed by atoms with Crippen molar-refractivity contribution >= 4 is 6.09 Å². The van der Waals surface area contributed by atoms with Crippen LogP contribution in [0.15, 0.2) is 4.52 Å². The van der Waals surface area contributed by atoms with Crippen molar-refractivity contribution in [1.82, 2.24) is 15.5 Å². The van der Waals surface area contributed by atoms with Crippen LogP contribution in [0.3, 0.4) is 0 Å². The maximum Gasteiger partial charge on any atom is 0.406 e. The van der Waals surface area contributed by atoms with Crippen molar-refractivity contribution in [3.05, 3.63) is 11.7 Å². The van der Waals surface area contributed by atoms with E-state index in [4.69, 9.17) is 4.52 Å². The van der Waals surface area contributed by atoms with Gasteiger partial charge in [-0.3, -0.25) is 0 Å². The van der Waals surface area contributed by atoms with Crippen LogP contribution in [-0.4, -0.2) is 36.1 Å². The van der Waals surface area contributed by atoms with E-state index in [1.165, 1.54) is 7.11 Å². The van der Waals surface area contributed by atoms with Crippen molar-refractivity contribution in [3.8, 4) is 0 Å². The summed E-state index contributed by atoms with van der Waals surface area (Å²) in [6, 6.07) is 0. The molecule has 1 fully saturated rings. The van der Waals surface area contributed by atoms with E-state index in [1.54, 1.807) is 0 Å². The molecule has 1 aliphatic rings. The number of carbonyl (C=O) groups is 1. The van der Waals surface area contributed by atoms with Crippen molar-refractivity contribution < 1.29 is 27.2 Å². The zero-order valence-electron chi connectivity index (χ0n) is 11.5. The Kier molecular flexibility index (Phi) is 4.38. The number of aryl methyl sites for hydroxylation is 1. The number of hydrogen-bond acceptors (Lipinski definition) is 5. The molecule has 0 aliphatic heterocycles. The van der Waals surface area contributed by atoms with E-state index in [0.717, 1.165) is 0 Å². The minimum Gasteiger partial charge on any atom is -0.453 e. The van der Waals surface area contributed by atoms with Crippen molar-refractivity contribution in [1.29, 1.82) is 0 Å². The number of alkyl halides is 3. The fraction of sp³-hybridized carbons (Fsp3) is 0.750. The monoisotopic (exact) mass is 307 g/mol. The van der Waals surface area contributed by atoms with Crippen molar-refractivity contribution in [2.24, 2.45) is 0 Å². The average molecular weight is 307 g/mol. The highest BCUT2D eigenvalue weighted by atomic mass is 19.4. The predicted molar refractivity (Wildman–Crippen MR) is 64.6 cm³/mol. The molecule has 9 heteroatoms. The second-order valence-electron chi connectivity index (χ2n) is 4.97. The SMILES string of the molecule is COC(=O)NCCCc1nc(C2(C(F)(F)F)CCC2)no1. The Morgan fingerprint density at radius 3 is 2.71 bits per heavy atom. The van der Waals surface area contributed by atoms with E-state index >= 15 is 0 Å². The third-order valence-corrected chi connectivity index (χ3v) is 3.67. The second-order valence-corrected chi connectivity index (χ2v) is 4.97. The maximum absolute atomic E-state index is 13.1. The number of halogens is 3. The van der Waals surface area contributed by atoms with Crippen LogP contribution >= 0.6 is 0 Å². The van der Waals surface area contributed by atoms with Crippen LogP contribution in [0.4, 0.5) is 18.0 Å². The number of aromatic nitrogens is 2. The van der Waals surface area contributed by atoms with Gasteiger partial charge in [0.1, 0.15) is 5.41 Å². The molecule has 2 rings (SSSR count). The molecule has 0 spiro atoms. The molecule has 1 amide bonds. The standard InChI is InChI=1S/C12H16F3N3O3/c1-20-10(19)16-7-2-4-8-17-9(18-21-8)11(5-3-6-11)12(13,14)15/h2-7H2,1H3,(H,16,19). The molecule has 1 heterocycles. The van der Waals surface area contributed by atoms with Gasteiger partial charge in [0.2, 0.25) is 5.89 Å². The van der Waals surface area contributed by atoms with Gasteiger partial charge in [-0.15, -0.1) is 0 Å². The minimum atomic E-state index is -4.36. The Morgan fingerprint density at radius 2 is 2.19 bits per heavy atom. The highest BCUT2D eigenvalue weighted by Crippen LogP contribution is 2.53. The van der Waals surface area contributed by atoms with Gasteiger partial charge in [0.25, 0.3) is 0 Å². The quantitative estimate of drug-likeness (QED) is 0.845. The molecule has 118 valence electrons. The molecule has 0 saturated heterocycles. The molecule has 0 radical (unpaired) electrons. The first kappa shape index (κ1) is 15.6. The van der Waals surface area contributed by atoms with Crippen LogP contribution in [0, 0.1) is 0 Å². The van der Waals surface area contributed by atoms with Gasteiger partial charge < -0.3 is 14.6 Å². The third-order valence-electron chi connectivity index (χ3n) is 3.67. The number of nitrogens with zero attached hydrogens (tertiary/aromatic N) is 2. The molecule has 1 saturated carbocycles. The molecule has 0 unspecified atom stereocenters. The Labute approximate surface area is 119 Å². The first-order chi connectivity index (χ1) is 9.89. The molecular formula is C12H16F3N3O3. The Hall–Kier alpha value is -1.80. The number of ether oxygens (including phenoxy) is 1. The first-order valence-electron chi connectivity index (χ1n) is 6.61. The van der Waals surface area contributed by atoms with Crippen LogP contribution < -0.4 is 5.32 Å². The number of rotatable bonds is 5. The van der Waals surface area contributed by atoms with E-state index in [-0.39, 0.29) is 24.6 Å². The van der Waals surface area contributed by atoms with Gasteiger partial charge >= 0.3 is 12.3 Å². The molecule has 1 aromatic rings. The third kappa shape index (κ3) is 3.11. The maximum atomic E-state index is 13.1. The molecule has 1 aromatic heterocycles. The summed E-state index contributed by atoms with van der Waals surface area (Å²) in [5.41, 5.74) is -1.95. The van der Waals surface area contributed by atoms with Crippen LogP contribution in [0.25, 0.3) is 0 Å². The molecule has 21 heavy (non-hydrogen) atoms. The Balaban J connectivity index is 1.91. The van der Waals surface area contributed by atoms with Crippen LogP contribution in [0.2, 0.25) is 0 Å². The van der Waals surface area contributed by atoms with Crippen molar-refractivity contribution in [3.63, 3.8) is 0 Å². The van der Waals surface area contributed by atoms with Crippen LogP contribution in [0.5, 0.6) is 0 Å². The van der Waals surface area contributed by atoms with E-state index in [1.807, 2.05) is 0 Å². The summed E-state index contributed by atoms with van der Waals surface area (Å²) in [5, 5.41) is 5.94. The van der Waals surface area contributed by atoms with Crippen LogP contribution in [0.1, 0.15) is 37.4 Å². The summed E-state index contributed by atoms with van der Waals surface area (Å²) in [4.78, 5) is 14.7. The summed E-state index contributed by atoms with van der Waals surface area (Å²) in [6.45, 7) is 0.314. The average Bonchev–Trinajstić information content (AvgIpc) is 2.80. The van der Waals surface area contributed by atoms with Gasteiger partial charge in [0.15, 0.2) is 5.82 Å². The van der Waals surface area contributed by atoms with Crippen LogP contribution in [-0.2, 0) is 16.6 Å². The molecule has 6 nitrogen and oxygen atoms in total. The number of amides is 1. The largest absolute Gasteiger partial charge is 0.453 e. The number of nitrogens with one attached hydrogen (secondary N) is 1. The molecule has 0 bridgehead atoms. The smallest absolute Gasteiger partial charge is 0.406 e. The highest BCUT2D eigenvalue weighted by molar-refractivity contribution is 5.66. The summed E-state index contributed by atoms with van der Waals surface area (Å²) >= 11 is 0. The van der Waals surface area contributed by atoms with Gasteiger partial charge in [0, 0.05) is 13.0 Å². The van der Waals surface area contributed by atoms with Gasteiger partial charge in [-0.25, -0.2) is 4.79 Å². The molecule has 0 atom stereocenters. The lowest BCUT2D eigenvalue weighted by Crippen LogP contribution is -2.48. The Bertz CT molecular complexity index is 497. The van der Waals surface area contributed by atoms with E-state index in [2.05, 4.69) is 20.2 Å². The minimum absolute atomic E-state index is 0.000625. The molecule has 0 aromatic carbocycles. The zero-order valence-corrected chi connectivity index (χ0v) is 11.5. The summed E-state index contributed by atoms with van der Waals surface area (Å²) in [7, 11) is 1.24. The fourth-order valence-corrected chi connectivity index (χ4v) is 2.22. The summed E-state index contributed by atoms with van der Waals surface area (Å²) in [5.74, 6) is -0.135. The fourth-order valence-electron chi connectivity index (χ4n) is 2.22. The number of alkyl carbamates (subject to hydrolysis) is 1.